The maximum atomic E-state index is 5.93. The first-order chi connectivity index (χ1) is 7.78. The van der Waals surface area contributed by atoms with Gasteiger partial charge in [-0.05, 0) is 44.9 Å². The number of ether oxygens (including phenoxy) is 1. The average Bonchev–Trinajstić information content (AvgIpc) is 2.32. The van der Waals surface area contributed by atoms with Gasteiger partial charge in [0.05, 0.1) is 6.10 Å². The Morgan fingerprint density at radius 3 is 2.56 bits per heavy atom. The van der Waals surface area contributed by atoms with Crippen molar-refractivity contribution in [3.8, 4) is 0 Å². The number of hydrogen-bond acceptors (Lipinski definition) is 3. The highest BCUT2D eigenvalue weighted by Crippen LogP contribution is 2.21. The smallest absolute Gasteiger partial charge is 0.0587 e. The van der Waals surface area contributed by atoms with Gasteiger partial charge in [-0.2, -0.15) is 0 Å². The molecule has 0 aromatic rings. The van der Waals surface area contributed by atoms with E-state index in [2.05, 4.69) is 12.2 Å². The van der Waals surface area contributed by atoms with Crippen molar-refractivity contribution in [2.24, 2.45) is 5.73 Å². The van der Waals surface area contributed by atoms with Crippen LogP contribution in [-0.2, 0) is 4.74 Å². The lowest BCUT2D eigenvalue weighted by Crippen LogP contribution is -2.46. The molecule has 0 amide bonds. The fraction of sp³-hybridized carbons (Fsp3) is 1.00. The number of nitrogens with one attached hydrogen (secondary N) is 1. The van der Waals surface area contributed by atoms with Gasteiger partial charge in [-0.25, -0.2) is 0 Å². The lowest BCUT2D eigenvalue weighted by molar-refractivity contribution is -0.00281. The lowest BCUT2D eigenvalue weighted by Gasteiger charge is -2.35. The van der Waals surface area contributed by atoms with Crippen molar-refractivity contribution >= 4 is 0 Å². The molecule has 0 bridgehead atoms. The molecular formula is C13H26N2O. The van der Waals surface area contributed by atoms with Crippen LogP contribution in [0.2, 0.25) is 0 Å². The van der Waals surface area contributed by atoms with E-state index >= 15 is 0 Å². The molecule has 1 heterocycles. The topological polar surface area (TPSA) is 47.3 Å². The monoisotopic (exact) mass is 226 g/mol. The van der Waals surface area contributed by atoms with Crippen molar-refractivity contribution in [1.82, 2.24) is 5.32 Å². The second kappa shape index (κ2) is 5.99. The molecule has 3 N–H and O–H groups in total. The van der Waals surface area contributed by atoms with E-state index in [1.165, 1.54) is 38.5 Å². The summed E-state index contributed by atoms with van der Waals surface area (Å²) in [7, 11) is 0. The second-order valence-electron chi connectivity index (χ2n) is 5.40. The van der Waals surface area contributed by atoms with E-state index in [4.69, 9.17) is 10.5 Å². The molecule has 2 rings (SSSR count). The van der Waals surface area contributed by atoms with Crippen LogP contribution in [0.1, 0.15) is 51.9 Å². The summed E-state index contributed by atoms with van der Waals surface area (Å²) in [5.41, 5.74) is 5.93. The van der Waals surface area contributed by atoms with Gasteiger partial charge in [-0.3, -0.25) is 0 Å². The van der Waals surface area contributed by atoms with Crippen LogP contribution < -0.4 is 11.1 Å². The van der Waals surface area contributed by atoms with E-state index < -0.39 is 0 Å². The van der Waals surface area contributed by atoms with Crippen LogP contribution >= 0.6 is 0 Å². The average molecular weight is 226 g/mol. The van der Waals surface area contributed by atoms with Crippen LogP contribution in [0.3, 0.4) is 0 Å². The summed E-state index contributed by atoms with van der Waals surface area (Å²) in [5.74, 6) is 0. The van der Waals surface area contributed by atoms with Gasteiger partial charge in [0, 0.05) is 24.7 Å². The minimum absolute atomic E-state index is 0.455. The molecule has 16 heavy (non-hydrogen) atoms. The quantitative estimate of drug-likeness (QED) is 0.771. The van der Waals surface area contributed by atoms with E-state index in [-0.39, 0.29) is 0 Å². The summed E-state index contributed by atoms with van der Waals surface area (Å²) in [6.45, 7) is 3.15. The first-order valence-corrected chi connectivity index (χ1v) is 6.91. The summed E-state index contributed by atoms with van der Waals surface area (Å²) in [4.78, 5) is 0. The zero-order valence-corrected chi connectivity index (χ0v) is 10.5. The summed E-state index contributed by atoms with van der Waals surface area (Å²) >= 11 is 0. The molecule has 0 radical (unpaired) electrons. The Morgan fingerprint density at radius 1 is 1.12 bits per heavy atom. The van der Waals surface area contributed by atoms with Gasteiger partial charge in [-0.1, -0.05) is 6.92 Å². The predicted octanol–water partition coefficient (Wildman–Crippen LogP) is 1.80. The maximum absolute atomic E-state index is 5.93. The third-order valence-electron chi connectivity index (χ3n) is 4.07. The van der Waals surface area contributed by atoms with Crippen LogP contribution in [0.4, 0.5) is 0 Å². The van der Waals surface area contributed by atoms with E-state index in [1.54, 1.807) is 0 Å². The summed E-state index contributed by atoms with van der Waals surface area (Å²) < 4.78 is 5.70. The molecule has 2 unspecified atom stereocenters. The van der Waals surface area contributed by atoms with Crippen molar-refractivity contribution in [2.45, 2.75) is 76.1 Å². The summed E-state index contributed by atoms with van der Waals surface area (Å²) in [6, 6.07) is 1.84. The van der Waals surface area contributed by atoms with Gasteiger partial charge in [0.25, 0.3) is 0 Å². The Bertz CT molecular complexity index is 202. The third-order valence-corrected chi connectivity index (χ3v) is 4.07. The summed E-state index contributed by atoms with van der Waals surface area (Å²) in [6.07, 6.45) is 8.91. The molecule has 0 spiro atoms. The van der Waals surface area contributed by atoms with Gasteiger partial charge < -0.3 is 15.8 Å². The Hall–Kier alpha value is -0.120. The van der Waals surface area contributed by atoms with E-state index in [9.17, 15) is 0 Å². The van der Waals surface area contributed by atoms with Crippen molar-refractivity contribution in [3.63, 3.8) is 0 Å². The SMILES string of the molecule is CCC1CC(NC2CCC(N)CC2)CCO1. The molecule has 2 aliphatic rings. The minimum Gasteiger partial charge on any atom is -0.378 e. The summed E-state index contributed by atoms with van der Waals surface area (Å²) in [5, 5.41) is 3.81. The Labute approximate surface area is 99.1 Å². The molecule has 1 saturated heterocycles. The van der Waals surface area contributed by atoms with E-state index in [1.807, 2.05) is 0 Å². The third kappa shape index (κ3) is 3.44. The normalized spacial score (nSPS) is 40.9. The molecule has 2 atom stereocenters. The molecule has 0 aromatic carbocycles. The highest BCUT2D eigenvalue weighted by Gasteiger charge is 2.25. The van der Waals surface area contributed by atoms with Crippen LogP contribution in [0.15, 0.2) is 0 Å². The van der Waals surface area contributed by atoms with Crippen molar-refractivity contribution in [1.29, 1.82) is 0 Å². The molecule has 1 aliphatic heterocycles. The minimum atomic E-state index is 0.455. The van der Waals surface area contributed by atoms with E-state index in [0.717, 1.165) is 13.0 Å². The van der Waals surface area contributed by atoms with Gasteiger partial charge >= 0.3 is 0 Å². The van der Waals surface area contributed by atoms with Crippen LogP contribution in [-0.4, -0.2) is 30.8 Å². The molecular weight excluding hydrogens is 200 g/mol. The lowest BCUT2D eigenvalue weighted by atomic mass is 9.90. The van der Waals surface area contributed by atoms with Crippen molar-refractivity contribution in [2.75, 3.05) is 6.61 Å². The molecule has 1 saturated carbocycles. The fourth-order valence-corrected chi connectivity index (χ4v) is 2.94. The second-order valence-corrected chi connectivity index (χ2v) is 5.40. The molecule has 1 aliphatic carbocycles. The molecule has 2 fully saturated rings. The zero-order valence-electron chi connectivity index (χ0n) is 10.5. The molecule has 3 nitrogen and oxygen atoms in total. The number of rotatable bonds is 3. The Morgan fingerprint density at radius 2 is 1.88 bits per heavy atom. The van der Waals surface area contributed by atoms with Crippen molar-refractivity contribution < 1.29 is 4.74 Å². The standard InChI is InChI=1S/C13H26N2O/c1-2-13-9-12(7-8-16-13)15-11-5-3-10(14)4-6-11/h10-13,15H,2-9,14H2,1H3. The zero-order chi connectivity index (χ0) is 11.4. The first kappa shape index (κ1) is 12.3. The highest BCUT2D eigenvalue weighted by molar-refractivity contribution is 4.84. The Balaban J connectivity index is 1.72. The molecule has 94 valence electrons. The number of hydrogen-bond donors (Lipinski definition) is 2. The van der Waals surface area contributed by atoms with E-state index in [0.29, 0.717) is 24.2 Å². The largest absolute Gasteiger partial charge is 0.378 e. The van der Waals surface area contributed by atoms with Gasteiger partial charge in [0.15, 0.2) is 0 Å². The fourth-order valence-electron chi connectivity index (χ4n) is 2.94. The van der Waals surface area contributed by atoms with Gasteiger partial charge in [0.1, 0.15) is 0 Å². The molecule has 3 heteroatoms. The predicted molar refractivity (Wildman–Crippen MR) is 66.4 cm³/mol. The first-order valence-electron chi connectivity index (χ1n) is 6.91. The highest BCUT2D eigenvalue weighted by atomic mass is 16.5. The number of nitrogens with two attached hydrogens (primary N) is 1. The Kier molecular flexibility index (Phi) is 4.62. The van der Waals surface area contributed by atoms with Gasteiger partial charge in [-0.15, -0.1) is 0 Å². The van der Waals surface area contributed by atoms with Crippen LogP contribution in [0.25, 0.3) is 0 Å². The van der Waals surface area contributed by atoms with Crippen LogP contribution in [0.5, 0.6) is 0 Å². The molecule has 0 aromatic heterocycles. The van der Waals surface area contributed by atoms with Gasteiger partial charge in [0.2, 0.25) is 0 Å². The maximum Gasteiger partial charge on any atom is 0.0587 e. The van der Waals surface area contributed by atoms with Crippen LogP contribution in [0, 0.1) is 0 Å². The van der Waals surface area contributed by atoms with Crippen molar-refractivity contribution in [3.05, 3.63) is 0 Å².